The molecule has 3 aromatic heterocycles. The molecule has 2 aromatic carbocycles. The van der Waals surface area contributed by atoms with Crippen molar-refractivity contribution in [2.24, 2.45) is 0 Å². The summed E-state index contributed by atoms with van der Waals surface area (Å²) < 4.78 is 42.9. The molecular formula is C27H18BrClF3N9O2. The molecule has 2 N–H and O–H groups in total. The van der Waals surface area contributed by atoms with E-state index in [1.165, 1.54) is 46.9 Å². The van der Waals surface area contributed by atoms with Gasteiger partial charge in [0.2, 0.25) is 0 Å². The van der Waals surface area contributed by atoms with Gasteiger partial charge in [-0.15, -0.1) is 5.10 Å². The lowest BCUT2D eigenvalue weighted by molar-refractivity contribution is -0.138. The summed E-state index contributed by atoms with van der Waals surface area (Å²) in [5.74, 6) is -1.12. The van der Waals surface area contributed by atoms with E-state index in [-0.39, 0.29) is 61.1 Å². The Balaban J connectivity index is 1.59. The fraction of sp³-hybridized carbons (Fsp3) is 0.148. The minimum atomic E-state index is -4.62. The van der Waals surface area contributed by atoms with Crippen molar-refractivity contribution in [3.63, 3.8) is 0 Å². The van der Waals surface area contributed by atoms with Crippen LogP contribution in [0.15, 0.2) is 53.1 Å². The summed E-state index contributed by atoms with van der Waals surface area (Å²) in [5, 5.41) is 27.1. The predicted molar refractivity (Wildman–Crippen MR) is 153 cm³/mol. The van der Waals surface area contributed by atoms with Crippen molar-refractivity contribution in [1.82, 2.24) is 35.1 Å². The van der Waals surface area contributed by atoms with E-state index in [4.69, 9.17) is 11.6 Å². The van der Waals surface area contributed by atoms with Gasteiger partial charge in [0.1, 0.15) is 11.2 Å². The molecule has 5 aromatic rings. The van der Waals surface area contributed by atoms with Crippen molar-refractivity contribution >= 4 is 56.1 Å². The monoisotopic (exact) mass is 671 g/mol. The molecule has 218 valence electrons. The van der Waals surface area contributed by atoms with E-state index >= 15 is 0 Å². The zero-order chi connectivity index (χ0) is 31.1. The first kappa shape index (κ1) is 29.7. The number of hydrogen-bond acceptors (Lipinski definition) is 7. The normalized spacial score (nSPS) is 11.4. The summed E-state index contributed by atoms with van der Waals surface area (Å²) in [6.07, 6.45) is -3.18. The van der Waals surface area contributed by atoms with Gasteiger partial charge in [0, 0.05) is 17.7 Å². The van der Waals surface area contributed by atoms with Crippen molar-refractivity contribution in [2.75, 3.05) is 12.4 Å². The Morgan fingerprint density at radius 2 is 1.93 bits per heavy atom. The number of hydrogen-bond donors (Lipinski definition) is 2. The summed E-state index contributed by atoms with van der Waals surface area (Å²) in [4.78, 5) is 30.5. The third kappa shape index (κ3) is 5.79. The maximum atomic E-state index is 13.7. The Morgan fingerprint density at radius 3 is 2.60 bits per heavy atom. The van der Waals surface area contributed by atoms with Crippen LogP contribution in [0, 0.1) is 18.3 Å². The molecule has 16 heteroatoms. The molecule has 5 rings (SSSR count). The summed E-state index contributed by atoms with van der Waals surface area (Å²) in [6.45, 7) is 1.47. The van der Waals surface area contributed by atoms with E-state index in [9.17, 15) is 28.0 Å². The Labute approximate surface area is 254 Å². The number of rotatable bonds is 6. The summed E-state index contributed by atoms with van der Waals surface area (Å²) >= 11 is 9.30. The summed E-state index contributed by atoms with van der Waals surface area (Å²) in [5.41, 5.74) is 0.477. The number of nitrogens with one attached hydrogen (secondary N) is 2. The first-order valence-electron chi connectivity index (χ1n) is 12.3. The Kier molecular flexibility index (Phi) is 7.91. The molecule has 11 nitrogen and oxygen atoms in total. The molecule has 2 amide bonds. The molecule has 43 heavy (non-hydrogen) atoms. The average Bonchev–Trinajstić information content (AvgIpc) is 3.56. The van der Waals surface area contributed by atoms with Gasteiger partial charge >= 0.3 is 6.18 Å². The number of halogens is 5. The summed E-state index contributed by atoms with van der Waals surface area (Å²) in [7, 11) is 1.41. The second kappa shape index (κ2) is 11.5. The first-order valence-corrected chi connectivity index (χ1v) is 13.5. The Bertz CT molecular complexity index is 1960. The van der Waals surface area contributed by atoms with Gasteiger partial charge in [0.05, 0.1) is 51.2 Å². The minimum Gasteiger partial charge on any atom is -0.355 e. The highest BCUT2D eigenvalue weighted by atomic mass is 79.9. The Hall–Kier alpha value is -4.81. The average molecular weight is 673 g/mol. The molecule has 3 heterocycles. The molecule has 0 aliphatic rings. The standard InChI is InChI=1S/C27H18BrClF3N9O2/c1-13-6-14(11-33)7-16(25(42)34-2)23(13)36-26(43)22-8-15(38-41(22)24-19(29)4-3-5-35-24)12-40-21-9-17(27(30,31)32)18(28)10-20(21)37-39-40/h3-10H,12H2,1-2H3,(H,34,42)(H,36,43). The molecule has 0 aliphatic carbocycles. The van der Waals surface area contributed by atoms with Crippen LogP contribution in [0.25, 0.3) is 16.9 Å². The molecule has 0 spiro atoms. The van der Waals surface area contributed by atoms with Crippen LogP contribution in [0.2, 0.25) is 5.02 Å². The van der Waals surface area contributed by atoms with Gasteiger partial charge in [-0.2, -0.15) is 23.5 Å². The van der Waals surface area contributed by atoms with Crippen molar-refractivity contribution in [2.45, 2.75) is 19.6 Å². The SMILES string of the molecule is CNC(=O)c1cc(C#N)cc(C)c1NC(=O)c1cc(Cn2nnc3cc(Br)c(C(F)(F)F)cc32)nn1-c1ncccc1Cl. The second-order valence-electron chi connectivity index (χ2n) is 9.17. The van der Waals surface area contributed by atoms with Gasteiger partial charge in [-0.25, -0.2) is 14.3 Å². The van der Waals surface area contributed by atoms with Crippen molar-refractivity contribution in [3.05, 3.63) is 91.8 Å². The van der Waals surface area contributed by atoms with E-state index < -0.39 is 23.6 Å². The lowest BCUT2D eigenvalue weighted by atomic mass is 10.0. The van der Waals surface area contributed by atoms with Crippen LogP contribution in [0.3, 0.4) is 0 Å². The van der Waals surface area contributed by atoms with Crippen molar-refractivity contribution < 1.29 is 22.8 Å². The highest BCUT2D eigenvalue weighted by Crippen LogP contribution is 2.37. The van der Waals surface area contributed by atoms with Crippen LogP contribution in [0.5, 0.6) is 0 Å². The maximum Gasteiger partial charge on any atom is 0.417 e. The van der Waals surface area contributed by atoms with Crippen LogP contribution in [0.1, 0.15) is 43.2 Å². The molecule has 0 saturated heterocycles. The molecule has 0 bridgehead atoms. The van der Waals surface area contributed by atoms with Crippen LogP contribution < -0.4 is 10.6 Å². The van der Waals surface area contributed by atoms with Crippen LogP contribution in [0.4, 0.5) is 18.9 Å². The van der Waals surface area contributed by atoms with E-state index in [1.54, 1.807) is 19.1 Å². The van der Waals surface area contributed by atoms with Crippen LogP contribution >= 0.6 is 27.5 Å². The van der Waals surface area contributed by atoms with E-state index in [1.807, 2.05) is 6.07 Å². The molecule has 0 atom stereocenters. The summed E-state index contributed by atoms with van der Waals surface area (Å²) in [6, 6.07) is 11.5. The van der Waals surface area contributed by atoms with E-state index in [0.29, 0.717) is 5.56 Å². The fourth-order valence-electron chi connectivity index (χ4n) is 4.35. The molecule has 0 aliphatic heterocycles. The number of pyridine rings is 1. The number of fused-ring (bicyclic) bond motifs is 1. The maximum absolute atomic E-state index is 13.7. The second-order valence-corrected chi connectivity index (χ2v) is 10.4. The van der Waals surface area contributed by atoms with Crippen molar-refractivity contribution in [3.8, 4) is 11.9 Å². The minimum absolute atomic E-state index is 0.0506. The number of nitriles is 1. The number of aromatic nitrogens is 6. The number of carbonyl (C=O) groups is 2. The lowest BCUT2D eigenvalue weighted by Gasteiger charge is -2.14. The number of amides is 2. The van der Waals surface area contributed by atoms with Crippen LogP contribution in [-0.4, -0.2) is 48.6 Å². The third-order valence-corrected chi connectivity index (χ3v) is 7.28. The molecular weight excluding hydrogens is 655 g/mol. The van der Waals surface area contributed by atoms with Gasteiger partial charge in [-0.05, 0) is 55.0 Å². The number of alkyl halides is 3. The number of nitrogens with zero attached hydrogens (tertiary/aromatic N) is 7. The molecule has 0 unspecified atom stereocenters. The number of anilines is 1. The van der Waals surface area contributed by atoms with E-state index in [2.05, 4.69) is 47.0 Å². The topological polar surface area (TPSA) is 143 Å². The predicted octanol–water partition coefficient (Wildman–Crippen LogP) is 5.29. The first-order chi connectivity index (χ1) is 20.4. The number of benzene rings is 2. The molecule has 0 radical (unpaired) electrons. The highest BCUT2D eigenvalue weighted by Gasteiger charge is 2.34. The van der Waals surface area contributed by atoms with Gasteiger partial charge < -0.3 is 10.6 Å². The highest BCUT2D eigenvalue weighted by molar-refractivity contribution is 9.10. The zero-order valence-corrected chi connectivity index (χ0v) is 24.5. The van der Waals surface area contributed by atoms with Gasteiger partial charge in [-0.1, -0.05) is 32.7 Å². The van der Waals surface area contributed by atoms with Gasteiger partial charge in [0.15, 0.2) is 5.82 Å². The van der Waals surface area contributed by atoms with Gasteiger partial charge in [0.25, 0.3) is 11.8 Å². The Morgan fingerprint density at radius 1 is 1.16 bits per heavy atom. The third-order valence-electron chi connectivity index (χ3n) is 6.33. The quantitative estimate of drug-likeness (QED) is 0.250. The number of aryl methyl sites for hydroxylation is 1. The zero-order valence-electron chi connectivity index (χ0n) is 22.2. The largest absolute Gasteiger partial charge is 0.417 e. The lowest BCUT2D eigenvalue weighted by Crippen LogP contribution is -2.24. The van der Waals surface area contributed by atoms with Crippen molar-refractivity contribution in [1.29, 1.82) is 5.26 Å². The van der Waals surface area contributed by atoms with E-state index in [0.717, 1.165) is 6.07 Å². The van der Waals surface area contributed by atoms with Crippen LogP contribution in [-0.2, 0) is 12.7 Å². The smallest absolute Gasteiger partial charge is 0.355 e. The van der Waals surface area contributed by atoms with Gasteiger partial charge in [-0.3, -0.25) is 9.59 Å². The number of carbonyl (C=O) groups excluding carboxylic acids is 2. The molecule has 0 fully saturated rings. The molecule has 0 saturated carbocycles. The fourth-order valence-corrected chi connectivity index (χ4v) is 5.11.